The molecule has 3 heterocycles. The van der Waals surface area contributed by atoms with Crippen molar-refractivity contribution >= 4 is 35.4 Å². The predicted molar refractivity (Wildman–Crippen MR) is 99.7 cm³/mol. The fourth-order valence-electron chi connectivity index (χ4n) is 3.56. The lowest BCUT2D eigenvalue weighted by Gasteiger charge is -2.38. The number of nitro benzene ring substituents is 1. The zero-order valence-electron chi connectivity index (χ0n) is 15.1. The van der Waals surface area contributed by atoms with Crippen LogP contribution in [0.4, 0.5) is 10.5 Å². The van der Waals surface area contributed by atoms with Gasteiger partial charge in [0.1, 0.15) is 18.0 Å². The molecule has 3 aliphatic rings. The molecule has 0 bridgehead atoms. The highest BCUT2D eigenvalue weighted by atomic mass is 32.2. The van der Waals surface area contributed by atoms with E-state index in [-0.39, 0.29) is 37.8 Å². The Morgan fingerprint density at radius 2 is 2.00 bits per heavy atom. The molecule has 3 saturated heterocycles. The van der Waals surface area contributed by atoms with Crippen LogP contribution in [0.2, 0.25) is 0 Å². The number of amides is 3. The average Bonchev–Trinajstić information content (AvgIpc) is 3.25. The average molecular weight is 422 g/mol. The molecule has 1 aromatic rings. The monoisotopic (exact) mass is 422 g/mol. The number of hydrazine groups is 1. The SMILES string of the molecule is N[C@@H]1C(=O)N2C[C@@](C(=O)OCc3ccc([N+](=O)[O-])cc3)(N3CCN(N)C3=O)S[C@H]12. The van der Waals surface area contributed by atoms with Crippen LogP contribution in [-0.2, 0) is 20.9 Å². The molecule has 0 spiro atoms. The number of nitro groups is 1. The van der Waals surface area contributed by atoms with Crippen LogP contribution in [0.15, 0.2) is 24.3 Å². The summed E-state index contributed by atoms with van der Waals surface area (Å²) >= 11 is 1.11. The van der Waals surface area contributed by atoms with Gasteiger partial charge in [-0.25, -0.2) is 15.4 Å². The van der Waals surface area contributed by atoms with E-state index in [2.05, 4.69) is 0 Å². The highest BCUT2D eigenvalue weighted by Gasteiger charge is 2.65. The van der Waals surface area contributed by atoms with Crippen molar-refractivity contribution < 1.29 is 24.0 Å². The normalized spacial score (nSPS) is 28.4. The molecule has 0 radical (unpaired) electrons. The third-order valence-electron chi connectivity index (χ3n) is 5.20. The number of hydrogen-bond donors (Lipinski definition) is 2. The first-order valence-electron chi connectivity index (χ1n) is 8.73. The quantitative estimate of drug-likeness (QED) is 0.154. The van der Waals surface area contributed by atoms with Crippen molar-refractivity contribution in [3.05, 3.63) is 39.9 Å². The highest BCUT2D eigenvalue weighted by Crippen LogP contribution is 2.49. The molecule has 3 amide bonds. The second-order valence-electron chi connectivity index (χ2n) is 6.91. The summed E-state index contributed by atoms with van der Waals surface area (Å²) in [7, 11) is 0. The number of non-ortho nitro benzene ring substituents is 1. The number of carbonyl (C=O) groups excluding carboxylic acids is 3. The Balaban J connectivity index is 1.54. The van der Waals surface area contributed by atoms with Gasteiger partial charge in [-0.2, -0.15) is 0 Å². The summed E-state index contributed by atoms with van der Waals surface area (Å²) in [4.78, 5) is 49.1. The van der Waals surface area contributed by atoms with E-state index < -0.39 is 33.2 Å². The van der Waals surface area contributed by atoms with Crippen molar-refractivity contribution in [1.82, 2.24) is 14.8 Å². The van der Waals surface area contributed by atoms with Crippen LogP contribution in [-0.4, -0.2) is 73.6 Å². The van der Waals surface area contributed by atoms with Crippen LogP contribution < -0.4 is 11.6 Å². The fourth-order valence-corrected chi connectivity index (χ4v) is 5.19. The lowest BCUT2D eigenvalue weighted by Crippen LogP contribution is -2.65. The molecule has 3 aliphatic heterocycles. The van der Waals surface area contributed by atoms with E-state index in [0.717, 1.165) is 16.8 Å². The van der Waals surface area contributed by atoms with E-state index in [0.29, 0.717) is 5.56 Å². The maximum absolute atomic E-state index is 13.1. The van der Waals surface area contributed by atoms with Crippen LogP contribution in [0.3, 0.4) is 0 Å². The molecule has 0 unspecified atom stereocenters. The molecule has 12 nitrogen and oxygen atoms in total. The zero-order valence-corrected chi connectivity index (χ0v) is 15.9. The lowest BCUT2D eigenvalue weighted by atomic mass is 10.1. The Hall–Kier alpha value is -2.90. The summed E-state index contributed by atoms with van der Waals surface area (Å²) in [6.07, 6.45) is 0. The molecule has 3 atom stereocenters. The van der Waals surface area contributed by atoms with E-state index in [4.69, 9.17) is 16.3 Å². The number of thioether (sulfide) groups is 1. The molecule has 13 heteroatoms. The summed E-state index contributed by atoms with van der Waals surface area (Å²) in [6.45, 7) is 0.270. The summed E-state index contributed by atoms with van der Waals surface area (Å²) in [5, 5.41) is 11.3. The van der Waals surface area contributed by atoms with Crippen LogP contribution in [0.25, 0.3) is 0 Å². The zero-order chi connectivity index (χ0) is 20.9. The van der Waals surface area contributed by atoms with Gasteiger partial charge in [-0.15, -0.1) is 0 Å². The Bertz CT molecular complexity index is 896. The fraction of sp³-hybridized carbons (Fsp3) is 0.438. The number of nitrogens with zero attached hydrogens (tertiary/aromatic N) is 4. The standard InChI is InChI=1S/C16H18N6O6S/c17-11-12(23)19-8-16(29-13(11)19,20-5-6-21(18)15(20)25)14(24)28-7-9-1-3-10(4-2-9)22(26)27/h1-4,11,13H,5-8,17-18H2/t11-,13-,16-/m1/s1. The van der Waals surface area contributed by atoms with Gasteiger partial charge in [0.05, 0.1) is 18.0 Å². The second kappa shape index (κ2) is 6.86. The summed E-state index contributed by atoms with van der Waals surface area (Å²) in [5.41, 5.74) is 6.30. The third-order valence-corrected chi connectivity index (χ3v) is 6.89. The number of fused-ring (bicyclic) bond motifs is 1. The number of rotatable bonds is 5. The van der Waals surface area contributed by atoms with E-state index >= 15 is 0 Å². The Kier molecular flexibility index (Phi) is 4.59. The van der Waals surface area contributed by atoms with Crippen molar-refractivity contribution in [3.63, 3.8) is 0 Å². The Morgan fingerprint density at radius 1 is 1.31 bits per heavy atom. The lowest BCUT2D eigenvalue weighted by molar-refractivity contribution is -0.384. The molecule has 29 heavy (non-hydrogen) atoms. The van der Waals surface area contributed by atoms with Crippen LogP contribution >= 0.6 is 11.8 Å². The number of β-lactam (4-membered cyclic amide) rings is 1. The topological polar surface area (TPSA) is 165 Å². The van der Waals surface area contributed by atoms with Gasteiger partial charge in [0.25, 0.3) is 5.69 Å². The number of nitrogens with two attached hydrogens (primary N) is 2. The first kappa shape index (κ1) is 19.4. The highest BCUT2D eigenvalue weighted by molar-refractivity contribution is 8.02. The van der Waals surface area contributed by atoms with Gasteiger partial charge in [0.2, 0.25) is 10.8 Å². The van der Waals surface area contributed by atoms with E-state index in [1.165, 1.54) is 34.1 Å². The van der Waals surface area contributed by atoms with E-state index in [1.54, 1.807) is 0 Å². The molecule has 0 aromatic heterocycles. The molecule has 4 rings (SSSR count). The maximum atomic E-state index is 13.1. The van der Waals surface area contributed by atoms with Crippen molar-refractivity contribution in [3.8, 4) is 0 Å². The molecular weight excluding hydrogens is 404 g/mol. The maximum Gasteiger partial charge on any atom is 0.345 e. The number of ether oxygens (including phenoxy) is 1. The van der Waals surface area contributed by atoms with Gasteiger partial charge in [-0.3, -0.25) is 24.8 Å². The first-order chi connectivity index (χ1) is 13.7. The van der Waals surface area contributed by atoms with Gasteiger partial charge in [0, 0.05) is 18.7 Å². The van der Waals surface area contributed by atoms with Gasteiger partial charge in [0.15, 0.2) is 0 Å². The molecule has 0 aliphatic carbocycles. The first-order valence-corrected chi connectivity index (χ1v) is 9.61. The number of esters is 1. The number of carbonyl (C=O) groups is 3. The van der Waals surface area contributed by atoms with Crippen LogP contribution in [0, 0.1) is 10.1 Å². The minimum atomic E-state index is -1.44. The number of benzene rings is 1. The molecule has 0 saturated carbocycles. The largest absolute Gasteiger partial charge is 0.458 e. The van der Waals surface area contributed by atoms with Crippen LogP contribution in [0.1, 0.15) is 5.56 Å². The third kappa shape index (κ3) is 2.97. The number of hydrogen-bond acceptors (Lipinski definition) is 9. The van der Waals surface area contributed by atoms with E-state index in [1.807, 2.05) is 0 Å². The summed E-state index contributed by atoms with van der Waals surface area (Å²) < 4.78 is 5.45. The molecule has 4 N–H and O–H groups in total. The molecular formula is C16H18N6O6S. The second-order valence-corrected chi connectivity index (χ2v) is 8.31. The summed E-state index contributed by atoms with van der Waals surface area (Å²) in [6, 6.07) is 4.31. The van der Waals surface area contributed by atoms with Crippen molar-refractivity contribution in [2.45, 2.75) is 22.9 Å². The van der Waals surface area contributed by atoms with Gasteiger partial charge in [-0.05, 0) is 17.7 Å². The van der Waals surface area contributed by atoms with Crippen molar-refractivity contribution in [1.29, 1.82) is 0 Å². The number of urea groups is 1. The van der Waals surface area contributed by atoms with Crippen LogP contribution in [0.5, 0.6) is 0 Å². The predicted octanol–water partition coefficient (Wildman–Crippen LogP) is -0.812. The molecule has 154 valence electrons. The summed E-state index contributed by atoms with van der Waals surface area (Å²) in [5.74, 6) is 4.68. The molecule has 1 aromatic carbocycles. The minimum absolute atomic E-state index is 0.0342. The van der Waals surface area contributed by atoms with Crippen molar-refractivity contribution in [2.75, 3.05) is 19.6 Å². The molecule has 3 fully saturated rings. The Labute approximate surface area is 168 Å². The van der Waals surface area contributed by atoms with Gasteiger partial charge < -0.3 is 15.4 Å². The van der Waals surface area contributed by atoms with Gasteiger partial charge >= 0.3 is 12.0 Å². The Morgan fingerprint density at radius 3 is 2.55 bits per heavy atom. The van der Waals surface area contributed by atoms with E-state index in [9.17, 15) is 24.5 Å². The smallest absolute Gasteiger partial charge is 0.345 e. The van der Waals surface area contributed by atoms with Gasteiger partial charge in [-0.1, -0.05) is 11.8 Å². The van der Waals surface area contributed by atoms with Crippen molar-refractivity contribution in [2.24, 2.45) is 11.6 Å². The minimum Gasteiger partial charge on any atom is -0.458 e.